The van der Waals surface area contributed by atoms with E-state index in [1.165, 1.54) is 0 Å². The van der Waals surface area contributed by atoms with Crippen LogP contribution in [0.3, 0.4) is 0 Å². The minimum Gasteiger partial charge on any atom is -0.496 e. The predicted octanol–water partition coefficient (Wildman–Crippen LogP) is 3.24. The first-order valence-corrected chi connectivity index (χ1v) is 11.5. The number of H-pyrrole nitrogens is 1. The summed E-state index contributed by atoms with van der Waals surface area (Å²) in [6.07, 6.45) is 5.65. The number of anilines is 1. The molecule has 2 aliphatic heterocycles. The number of nitrogens with one attached hydrogen (secondary N) is 1. The summed E-state index contributed by atoms with van der Waals surface area (Å²) in [4.78, 5) is 30.2. The van der Waals surface area contributed by atoms with Gasteiger partial charge in [-0.3, -0.25) is 14.7 Å². The average molecular weight is 461 g/mol. The average Bonchev–Trinajstić information content (AvgIpc) is 3.53. The van der Waals surface area contributed by atoms with Crippen LogP contribution >= 0.6 is 0 Å². The number of hydrogen-bond donors (Lipinski definition) is 2. The maximum atomic E-state index is 13.6. The number of aliphatic hydroxyl groups excluding tert-OH is 1. The van der Waals surface area contributed by atoms with Crippen molar-refractivity contribution in [3.63, 3.8) is 0 Å². The molecular formula is C26H28N4O4. The maximum Gasteiger partial charge on any atom is 0.253 e. The Labute approximate surface area is 198 Å². The number of aliphatic hydroxyl groups is 1. The quantitative estimate of drug-likeness (QED) is 0.609. The molecule has 8 nitrogen and oxygen atoms in total. The van der Waals surface area contributed by atoms with E-state index in [9.17, 15) is 14.7 Å². The first-order valence-electron chi connectivity index (χ1n) is 11.5. The van der Waals surface area contributed by atoms with Gasteiger partial charge in [-0.2, -0.15) is 5.10 Å². The number of carbonyl (C=O) groups excluding carboxylic acids is 2. The normalized spacial score (nSPS) is 17.4. The number of piperidine rings is 1. The van der Waals surface area contributed by atoms with Crippen molar-refractivity contribution < 1.29 is 19.4 Å². The molecule has 5 rings (SSSR count). The summed E-state index contributed by atoms with van der Waals surface area (Å²) in [7, 11) is 1.63. The summed E-state index contributed by atoms with van der Waals surface area (Å²) in [5.41, 5.74) is 3.63. The molecule has 0 aliphatic carbocycles. The molecule has 3 aromatic rings. The molecule has 3 heterocycles. The maximum absolute atomic E-state index is 13.6. The van der Waals surface area contributed by atoms with Gasteiger partial charge in [-0.1, -0.05) is 12.1 Å². The Morgan fingerprint density at radius 2 is 1.85 bits per heavy atom. The Bertz CT molecular complexity index is 1180. The van der Waals surface area contributed by atoms with E-state index in [-0.39, 0.29) is 18.4 Å². The SMILES string of the molecule is COc1cc(N2CCC3(CCN(C(=O)c4ccc(CO)cc4)CC3)C2=O)ccc1-c1cn[nH]c1. The van der Waals surface area contributed by atoms with Crippen LogP contribution in [0.25, 0.3) is 11.1 Å². The third-order valence-corrected chi connectivity index (χ3v) is 7.21. The van der Waals surface area contributed by atoms with E-state index in [0.29, 0.717) is 43.8 Å². The summed E-state index contributed by atoms with van der Waals surface area (Å²) in [6.45, 7) is 1.73. The van der Waals surface area contributed by atoms with E-state index in [1.807, 2.05) is 34.2 Å². The minimum atomic E-state index is -0.423. The van der Waals surface area contributed by atoms with Crippen LogP contribution in [0.1, 0.15) is 35.2 Å². The van der Waals surface area contributed by atoms with Gasteiger partial charge in [0, 0.05) is 54.3 Å². The third kappa shape index (κ3) is 3.84. The Morgan fingerprint density at radius 1 is 1.12 bits per heavy atom. The summed E-state index contributed by atoms with van der Waals surface area (Å²) in [6, 6.07) is 12.9. The van der Waals surface area contributed by atoms with Gasteiger partial charge in [0.15, 0.2) is 0 Å². The van der Waals surface area contributed by atoms with Crippen molar-refractivity contribution in [3.8, 4) is 16.9 Å². The lowest BCUT2D eigenvalue weighted by Gasteiger charge is -2.38. The van der Waals surface area contributed by atoms with Crippen LogP contribution in [0.15, 0.2) is 54.9 Å². The number of nitrogens with zero attached hydrogens (tertiary/aromatic N) is 3. The monoisotopic (exact) mass is 460 g/mol. The lowest BCUT2D eigenvalue weighted by Crippen LogP contribution is -2.46. The molecule has 0 bridgehead atoms. The van der Waals surface area contributed by atoms with E-state index in [1.54, 1.807) is 37.6 Å². The van der Waals surface area contributed by atoms with Crippen molar-refractivity contribution >= 4 is 17.5 Å². The van der Waals surface area contributed by atoms with E-state index < -0.39 is 5.41 Å². The van der Waals surface area contributed by atoms with Gasteiger partial charge in [0.1, 0.15) is 5.75 Å². The van der Waals surface area contributed by atoms with Gasteiger partial charge in [-0.25, -0.2) is 0 Å². The number of aromatic nitrogens is 2. The highest BCUT2D eigenvalue weighted by molar-refractivity contribution is 6.01. The highest BCUT2D eigenvalue weighted by Gasteiger charge is 2.49. The molecule has 1 aromatic heterocycles. The topological polar surface area (TPSA) is 98.8 Å². The van der Waals surface area contributed by atoms with Crippen molar-refractivity contribution in [1.82, 2.24) is 15.1 Å². The second-order valence-electron chi connectivity index (χ2n) is 9.01. The molecule has 0 saturated carbocycles. The number of methoxy groups -OCH3 is 1. The second kappa shape index (κ2) is 8.95. The fraction of sp³-hybridized carbons (Fsp3) is 0.346. The molecule has 0 radical (unpaired) electrons. The summed E-state index contributed by atoms with van der Waals surface area (Å²) in [5.74, 6) is 0.798. The molecule has 2 N–H and O–H groups in total. The molecule has 34 heavy (non-hydrogen) atoms. The highest BCUT2D eigenvalue weighted by atomic mass is 16.5. The minimum absolute atomic E-state index is 0.0267. The van der Waals surface area contributed by atoms with Crippen LogP contribution < -0.4 is 9.64 Å². The van der Waals surface area contributed by atoms with Gasteiger partial charge < -0.3 is 19.6 Å². The number of likely N-dealkylation sites (tertiary alicyclic amines) is 1. The van der Waals surface area contributed by atoms with Crippen molar-refractivity contribution in [2.45, 2.75) is 25.9 Å². The Balaban J connectivity index is 1.28. The molecule has 2 amide bonds. The molecule has 176 valence electrons. The van der Waals surface area contributed by atoms with Crippen LogP contribution in [-0.2, 0) is 11.4 Å². The summed E-state index contributed by atoms with van der Waals surface area (Å²) >= 11 is 0. The number of benzene rings is 2. The fourth-order valence-corrected chi connectivity index (χ4v) is 5.09. The van der Waals surface area contributed by atoms with Crippen LogP contribution in [0.4, 0.5) is 5.69 Å². The molecule has 2 fully saturated rings. The molecule has 2 aliphatic rings. The lowest BCUT2D eigenvalue weighted by molar-refractivity contribution is -0.127. The fourth-order valence-electron chi connectivity index (χ4n) is 5.09. The first-order chi connectivity index (χ1) is 16.5. The molecule has 0 atom stereocenters. The summed E-state index contributed by atoms with van der Waals surface area (Å²) < 4.78 is 5.60. The van der Waals surface area contributed by atoms with Gasteiger partial charge in [-0.05, 0) is 49.1 Å². The van der Waals surface area contributed by atoms with Crippen LogP contribution in [0.2, 0.25) is 0 Å². The van der Waals surface area contributed by atoms with Crippen molar-refractivity contribution in [2.75, 3.05) is 31.6 Å². The number of amides is 2. The van der Waals surface area contributed by atoms with E-state index in [2.05, 4.69) is 10.2 Å². The van der Waals surface area contributed by atoms with Crippen LogP contribution in [0, 0.1) is 5.41 Å². The number of ether oxygens (including phenoxy) is 1. The Morgan fingerprint density at radius 3 is 2.50 bits per heavy atom. The number of hydrogen-bond acceptors (Lipinski definition) is 5. The zero-order valence-corrected chi connectivity index (χ0v) is 19.2. The predicted molar refractivity (Wildman–Crippen MR) is 127 cm³/mol. The number of rotatable bonds is 5. The Kier molecular flexibility index (Phi) is 5.83. The van der Waals surface area contributed by atoms with Crippen LogP contribution in [0.5, 0.6) is 5.75 Å². The van der Waals surface area contributed by atoms with Crippen molar-refractivity contribution in [1.29, 1.82) is 0 Å². The van der Waals surface area contributed by atoms with Gasteiger partial charge in [0.2, 0.25) is 5.91 Å². The zero-order valence-electron chi connectivity index (χ0n) is 19.2. The largest absolute Gasteiger partial charge is 0.496 e. The summed E-state index contributed by atoms with van der Waals surface area (Å²) in [5, 5.41) is 16.0. The smallest absolute Gasteiger partial charge is 0.253 e. The standard InChI is InChI=1S/C26H28N4O4/c1-34-23-14-21(6-7-22(23)20-15-27-28-16-20)30-13-10-26(25(30)33)8-11-29(12-9-26)24(32)19-4-2-18(17-31)3-5-19/h2-7,14-16,31H,8-13,17H2,1H3,(H,27,28). The van der Waals surface area contributed by atoms with Crippen LogP contribution in [-0.4, -0.2) is 58.8 Å². The molecule has 2 saturated heterocycles. The first kappa shape index (κ1) is 22.2. The second-order valence-corrected chi connectivity index (χ2v) is 9.01. The third-order valence-electron chi connectivity index (χ3n) is 7.21. The molecule has 1 spiro atoms. The molecule has 0 unspecified atom stereocenters. The highest BCUT2D eigenvalue weighted by Crippen LogP contribution is 2.44. The lowest BCUT2D eigenvalue weighted by atomic mass is 9.77. The van der Waals surface area contributed by atoms with Gasteiger partial charge >= 0.3 is 0 Å². The number of carbonyl (C=O) groups is 2. The zero-order chi connectivity index (χ0) is 23.7. The molecule has 2 aromatic carbocycles. The number of aromatic amines is 1. The van der Waals surface area contributed by atoms with Gasteiger partial charge in [-0.15, -0.1) is 0 Å². The molecular weight excluding hydrogens is 432 g/mol. The van der Waals surface area contributed by atoms with Gasteiger partial charge in [0.05, 0.1) is 25.3 Å². The van der Waals surface area contributed by atoms with E-state index in [4.69, 9.17) is 4.74 Å². The molecule has 8 heteroatoms. The van der Waals surface area contributed by atoms with Crippen molar-refractivity contribution in [2.24, 2.45) is 5.41 Å². The van der Waals surface area contributed by atoms with Gasteiger partial charge in [0.25, 0.3) is 5.91 Å². The van der Waals surface area contributed by atoms with E-state index >= 15 is 0 Å². The van der Waals surface area contributed by atoms with Crippen molar-refractivity contribution in [3.05, 3.63) is 66.0 Å². The van der Waals surface area contributed by atoms with E-state index in [0.717, 1.165) is 28.8 Å². The Hall–Kier alpha value is -3.65.